The van der Waals surface area contributed by atoms with Gasteiger partial charge in [-0.1, -0.05) is 11.6 Å². The summed E-state index contributed by atoms with van der Waals surface area (Å²) in [6, 6.07) is 11.9. The van der Waals surface area contributed by atoms with Crippen LogP contribution < -0.4 is 5.56 Å². The van der Waals surface area contributed by atoms with Gasteiger partial charge in [-0.25, -0.2) is 4.79 Å². The Labute approximate surface area is 135 Å². The van der Waals surface area contributed by atoms with Gasteiger partial charge in [0.1, 0.15) is 0 Å². The van der Waals surface area contributed by atoms with Gasteiger partial charge in [0.25, 0.3) is 0 Å². The van der Waals surface area contributed by atoms with Crippen molar-refractivity contribution in [3.63, 3.8) is 0 Å². The number of carbonyl (C=O) groups is 2. The number of ketones is 1. The second kappa shape index (κ2) is 5.70. The number of nitrogens with one attached hydrogen (secondary N) is 1. The largest absolute Gasteiger partial charge is 0.478 e. The summed E-state index contributed by atoms with van der Waals surface area (Å²) in [5.74, 6) is -1.48. The minimum Gasteiger partial charge on any atom is -0.478 e. The smallest absolute Gasteiger partial charge is 0.336 e. The molecule has 23 heavy (non-hydrogen) atoms. The summed E-state index contributed by atoms with van der Waals surface area (Å²) in [6.07, 6.45) is 0. The number of pyridine rings is 1. The van der Waals surface area contributed by atoms with Crippen molar-refractivity contribution in [1.29, 1.82) is 0 Å². The molecule has 2 aromatic carbocycles. The fourth-order valence-electron chi connectivity index (χ4n) is 2.34. The van der Waals surface area contributed by atoms with E-state index in [1.807, 2.05) is 0 Å². The molecule has 2 N–H and O–H groups in total. The molecule has 0 aliphatic rings. The normalized spacial score (nSPS) is 10.7. The molecule has 0 unspecified atom stereocenters. The average Bonchev–Trinajstić information content (AvgIpc) is 2.53. The van der Waals surface area contributed by atoms with Crippen LogP contribution in [0.3, 0.4) is 0 Å². The average molecular weight is 328 g/mol. The Bertz CT molecular complexity index is 990. The number of benzene rings is 2. The molecule has 3 rings (SSSR count). The van der Waals surface area contributed by atoms with Gasteiger partial charge in [-0.3, -0.25) is 9.59 Å². The van der Waals surface area contributed by atoms with Crippen LogP contribution >= 0.6 is 11.6 Å². The lowest BCUT2D eigenvalue weighted by molar-refractivity contribution is 0.0698. The van der Waals surface area contributed by atoms with E-state index in [9.17, 15) is 19.5 Å². The van der Waals surface area contributed by atoms with E-state index in [0.29, 0.717) is 27.1 Å². The first-order valence-electron chi connectivity index (χ1n) is 6.66. The number of H-pyrrole nitrogens is 1. The molecule has 0 spiro atoms. The second-order valence-corrected chi connectivity index (χ2v) is 5.39. The van der Waals surface area contributed by atoms with Gasteiger partial charge < -0.3 is 10.1 Å². The van der Waals surface area contributed by atoms with E-state index in [1.165, 1.54) is 12.1 Å². The maximum absolute atomic E-state index is 12.5. The number of rotatable bonds is 3. The first-order valence-corrected chi connectivity index (χ1v) is 7.04. The molecule has 0 amide bonds. The molecule has 5 nitrogen and oxygen atoms in total. The third-order valence-electron chi connectivity index (χ3n) is 3.44. The highest BCUT2D eigenvalue weighted by Gasteiger charge is 2.14. The lowest BCUT2D eigenvalue weighted by Crippen LogP contribution is -2.11. The van der Waals surface area contributed by atoms with E-state index in [-0.39, 0.29) is 11.3 Å². The number of fused-ring (bicyclic) bond motifs is 1. The molecule has 6 heteroatoms. The van der Waals surface area contributed by atoms with Gasteiger partial charge in [0.15, 0.2) is 5.78 Å². The number of aromatic amines is 1. The predicted octanol–water partition coefficient (Wildman–Crippen LogP) is 3.11. The van der Waals surface area contributed by atoms with Gasteiger partial charge in [-0.2, -0.15) is 0 Å². The number of aromatic nitrogens is 1. The summed E-state index contributed by atoms with van der Waals surface area (Å²) in [6.45, 7) is 0. The highest BCUT2D eigenvalue weighted by atomic mass is 35.5. The summed E-state index contributed by atoms with van der Waals surface area (Å²) in [5, 5.41) is 10.1. The minimum atomic E-state index is -1.22. The summed E-state index contributed by atoms with van der Waals surface area (Å²) in [7, 11) is 0. The Hall–Kier alpha value is -2.92. The number of hydrogen-bond donors (Lipinski definition) is 2. The summed E-state index contributed by atoms with van der Waals surface area (Å²) < 4.78 is 0. The van der Waals surface area contributed by atoms with Crippen molar-refractivity contribution in [1.82, 2.24) is 4.98 Å². The number of carbonyl (C=O) groups excluding carboxylic acids is 1. The van der Waals surface area contributed by atoms with E-state index in [4.69, 9.17) is 11.6 Å². The lowest BCUT2D eigenvalue weighted by Gasteiger charge is -2.06. The minimum absolute atomic E-state index is 0.144. The van der Waals surface area contributed by atoms with Gasteiger partial charge in [-0.05, 0) is 42.5 Å². The number of hydrogen-bond acceptors (Lipinski definition) is 3. The predicted molar refractivity (Wildman–Crippen MR) is 86.4 cm³/mol. The molecule has 0 atom stereocenters. The van der Waals surface area contributed by atoms with E-state index >= 15 is 0 Å². The van der Waals surface area contributed by atoms with E-state index in [1.54, 1.807) is 30.3 Å². The molecule has 0 aliphatic carbocycles. The lowest BCUT2D eigenvalue weighted by atomic mass is 10.00. The van der Waals surface area contributed by atoms with Crippen molar-refractivity contribution < 1.29 is 14.7 Å². The van der Waals surface area contributed by atoms with Crippen LogP contribution in [-0.4, -0.2) is 21.8 Å². The van der Waals surface area contributed by atoms with Crippen molar-refractivity contribution >= 4 is 34.3 Å². The standard InChI is InChI=1S/C17H10ClNO4/c18-11-4-1-9(2-5-11)16(21)10-3-6-14-12(7-10)13(17(22)23)8-15(20)19-14/h1-8H,(H,19,20)(H,22,23). The molecule has 1 aromatic heterocycles. The number of carboxylic acid groups (broad SMARTS) is 1. The van der Waals surface area contributed by atoms with Gasteiger partial charge in [0.2, 0.25) is 5.56 Å². The van der Waals surface area contributed by atoms with Crippen LogP contribution in [0, 0.1) is 0 Å². The van der Waals surface area contributed by atoms with Gasteiger partial charge in [0, 0.05) is 33.1 Å². The fraction of sp³-hybridized carbons (Fsp3) is 0. The number of halogens is 1. The van der Waals surface area contributed by atoms with Gasteiger partial charge >= 0.3 is 5.97 Å². The third-order valence-corrected chi connectivity index (χ3v) is 3.69. The van der Waals surface area contributed by atoms with E-state index in [2.05, 4.69) is 4.98 Å². The Morgan fingerprint density at radius 2 is 1.61 bits per heavy atom. The zero-order chi connectivity index (χ0) is 16.6. The van der Waals surface area contributed by atoms with Crippen LogP contribution in [-0.2, 0) is 0 Å². The number of carboxylic acids is 1. The monoisotopic (exact) mass is 327 g/mol. The maximum atomic E-state index is 12.5. The van der Waals surface area contributed by atoms with Crippen LogP contribution in [0.5, 0.6) is 0 Å². The molecular weight excluding hydrogens is 318 g/mol. The summed E-state index contributed by atoms with van der Waals surface area (Å²) in [5.41, 5.74) is 0.480. The Morgan fingerprint density at radius 1 is 0.957 bits per heavy atom. The van der Waals surface area contributed by atoms with Crippen LogP contribution in [0.25, 0.3) is 10.9 Å². The fourth-order valence-corrected chi connectivity index (χ4v) is 2.47. The van der Waals surface area contributed by atoms with Crippen LogP contribution in [0.4, 0.5) is 0 Å². The summed E-state index contributed by atoms with van der Waals surface area (Å²) in [4.78, 5) is 37.8. The van der Waals surface area contributed by atoms with Gasteiger partial charge in [-0.15, -0.1) is 0 Å². The highest BCUT2D eigenvalue weighted by Crippen LogP contribution is 2.20. The first kappa shape index (κ1) is 15.0. The van der Waals surface area contributed by atoms with Crippen molar-refractivity contribution in [2.75, 3.05) is 0 Å². The second-order valence-electron chi connectivity index (χ2n) is 4.95. The van der Waals surface area contributed by atoms with Gasteiger partial charge in [0.05, 0.1) is 5.56 Å². The molecule has 0 radical (unpaired) electrons. The molecule has 0 aliphatic heterocycles. The molecule has 3 aromatic rings. The topological polar surface area (TPSA) is 87.2 Å². The molecule has 0 saturated heterocycles. The van der Waals surface area contributed by atoms with Crippen molar-refractivity contribution in [3.8, 4) is 0 Å². The molecule has 1 heterocycles. The van der Waals surface area contributed by atoms with E-state index in [0.717, 1.165) is 6.07 Å². The van der Waals surface area contributed by atoms with Crippen molar-refractivity contribution in [3.05, 3.63) is 80.6 Å². The Morgan fingerprint density at radius 3 is 2.26 bits per heavy atom. The molecule has 114 valence electrons. The first-order chi connectivity index (χ1) is 11.0. The van der Waals surface area contributed by atoms with Crippen LogP contribution in [0.2, 0.25) is 5.02 Å². The molecule has 0 saturated carbocycles. The Balaban J connectivity index is 2.16. The van der Waals surface area contributed by atoms with Crippen LogP contribution in [0.1, 0.15) is 26.3 Å². The zero-order valence-corrected chi connectivity index (χ0v) is 12.4. The molecular formula is C17H10ClNO4. The molecule has 0 bridgehead atoms. The highest BCUT2D eigenvalue weighted by molar-refractivity contribution is 6.30. The maximum Gasteiger partial charge on any atom is 0.336 e. The Kier molecular flexibility index (Phi) is 3.72. The van der Waals surface area contributed by atoms with Crippen molar-refractivity contribution in [2.24, 2.45) is 0 Å². The third kappa shape index (κ3) is 2.86. The summed E-state index contributed by atoms with van der Waals surface area (Å²) >= 11 is 5.80. The van der Waals surface area contributed by atoms with Crippen LogP contribution in [0.15, 0.2) is 53.3 Å². The quantitative estimate of drug-likeness (QED) is 0.723. The molecule has 0 fully saturated rings. The van der Waals surface area contributed by atoms with Crippen molar-refractivity contribution in [2.45, 2.75) is 0 Å². The SMILES string of the molecule is O=C(c1ccc(Cl)cc1)c1ccc2[nH]c(=O)cc(C(=O)O)c2c1. The zero-order valence-electron chi connectivity index (χ0n) is 11.7. The van der Waals surface area contributed by atoms with E-state index < -0.39 is 11.5 Å². The number of aromatic carboxylic acids is 1.